The minimum Gasteiger partial charge on any atom is -0.480 e. The zero-order valence-corrected chi connectivity index (χ0v) is 18.3. The van der Waals surface area contributed by atoms with Gasteiger partial charge >= 0.3 is 12.1 Å². The van der Waals surface area contributed by atoms with E-state index in [0.717, 1.165) is 29.0 Å². The normalized spacial score (nSPS) is 23.1. The lowest BCUT2D eigenvalue weighted by molar-refractivity contribution is -0.140. The van der Waals surface area contributed by atoms with E-state index in [1.54, 1.807) is 37.3 Å². The standard InChI is InChI=1S/C22H18F3NO4S2/c1-13-19(15-5-3-2-4-6-15)21(13,20(27)28)26-32(29,30)18-12-11-17(31-18)14-7-9-16(10-8-14)22(23,24)25/h2-13,19,26H,1H3,(H,27,28)/t13?,19-,21+/m1/s1. The van der Waals surface area contributed by atoms with Crippen molar-refractivity contribution in [3.63, 3.8) is 0 Å². The van der Waals surface area contributed by atoms with Crippen molar-refractivity contribution in [2.75, 3.05) is 0 Å². The van der Waals surface area contributed by atoms with E-state index < -0.39 is 45.1 Å². The Morgan fingerprint density at radius 3 is 2.22 bits per heavy atom. The molecule has 10 heteroatoms. The van der Waals surface area contributed by atoms with E-state index in [2.05, 4.69) is 4.72 Å². The molecule has 0 aliphatic heterocycles. The molecule has 1 heterocycles. The van der Waals surface area contributed by atoms with Gasteiger partial charge in [-0.1, -0.05) is 49.4 Å². The third kappa shape index (κ3) is 3.82. The van der Waals surface area contributed by atoms with Crippen molar-refractivity contribution in [1.29, 1.82) is 0 Å². The topological polar surface area (TPSA) is 83.5 Å². The maximum atomic E-state index is 13.0. The van der Waals surface area contributed by atoms with Crippen molar-refractivity contribution in [3.8, 4) is 10.4 Å². The first-order valence-electron chi connectivity index (χ1n) is 9.56. The van der Waals surface area contributed by atoms with Crippen LogP contribution in [0.2, 0.25) is 0 Å². The summed E-state index contributed by atoms with van der Waals surface area (Å²) in [6.45, 7) is 1.68. The van der Waals surface area contributed by atoms with E-state index in [9.17, 15) is 31.5 Å². The van der Waals surface area contributed by atoms with E-state index in [4.69, 9.17) is 0 Å². The molecule has 0 amide bonds. The molecule has 3 atom stereocenters. The first-order chi connectivity index (χ1) is 15.0. The molecule has 2 aromatic carbocycles. The van der Waals surface area contributed by atoms with Crippen LogP contribution in [0.1, 0.15) is 24.0 Å². The third-order valence-electron chi connectivity index (χ3n) is 5.76. The predicted molar refractivity (Wildman–Crippen MR) is 114 cm³/mol. The van der Waals surface area contributed by atoms with Crippen LogP contribution in [0.25, 0.3) is 10.4 Å². The van der Waals surface area contributed by atoms with Crippen molar-refractivity contribution in [3.05, 3.63) is 77.9 Å². The van der Waals surface area contributed by atoms with Gasteiger partial charge < -0.3 is 5.11 Å². The third-order valence-corrected chi connectivity index (χ3v) is 8.87. The molecule has 1 fully saturated rings. The van der Waals surface area contributed by atoms with Crippen molar-refractivity contribution in [1.82, 2.24) is 4.72 Å². The molecular formula is C22H18F3NO4S2. The molecule has 1 saturated carbocycles. The number of aliphatic carboxylic acids is 1. The summed E-state index contributed by atoms with van der Waals surface area (Å²) in [4.78, 5) is 12.6. The highest BCUT2D eigenvalue weighted by Gasteiger charge is 2.70. The summed E-state index contributed by atoms with van der Waals surface area (Å²) in [5, 5.41) is 9.88. The fourth-order valence-electron chi connectivity index (χ4n) is 4.02. The molecule has 3 aromatic rings. The number of thiophene rings is 1. The number of benzene rings is 2. The second-order valence-corrected chi connectivity index (χ2v) is 10.6. The number of alkyl halides is 3. The Balaban J connectivity index is 1.61. The Labute approximate surface area is 186 Å². The first-order valence-corrected chi connectivity index (χ1v) is 11.9. The number of hydrogen-bond acceptors (Lipinski definition) is 4. The molecular weight excluding hydrogens is 463 g/mol. The molecule has 0 spiro atoms. The van der Waals surface area contributed by atoms with Crippen LogP contribution >= 0.6 is 11.3 Å². The van der Waals surface area contributed by atoms with Gasteiger partial charge in [-0.15, -0.1) is 11.3 Å². The molecule has 1 aromatic heterocycles. The number of sulfonamides is 1. The number of nitrogens with one attached hydrogen (secondary N) is 1. The van der Waals surface area contributed by atoms with Crippen LogP contribution in [0.5, 0.6) is 0 Å². The maximum absolute atomic E-state index is 13.0. The lowest BCUT2D eigenvalue weighted by Crippen LogP contribution is -2.45. The van der Waals surface area contributed by atoms with Gasteiger partial charge in [-0.05, 0) is 41.3 Å². The van der Waals surface area contributed by atoms with Gasteiger partial charge in [0.15, 0.2) is 0 Å². The molecule has 5 nitrogen and oxygen atoms in total. The molecule has 1 unspecified atom stereocenters. The lowest BCUT2D eigenvalue weighted by Gasteiger charge is -2.15. The zero-order valence-electron chi connectivity index (χ0n) is 16.6. The second-order valence-electron chi connectivity index (χ2n) is 7.65. The highest BCUT2D eigenvalue weighted by Crippen LogP contribution is 2.58. The minimum atomic E-state index is -4.46. The SMILES string of the molecule is CC1[C@H](c2ccccc2)[C@]1(NS(=O)(=O)c1ccc(-c2ccc(C(F)(F)F)cc2)s1)C(=O)O. The van der Waals surface area contributed by atoms with Gasteiger partial charge in [0.05, 0.1) is 5.56 Å². The number of carboxylic acid groups (broad SMARTS) is 1. The van der Waals surface area contributed by atoms with Crippen LogP contribution in [0.4, 0.5) is 13.2 Å². The maximum Gasteiger partial charge on any atom is 0.416 e. The number of hydrogen-bond donors (Lipinski definition) is 2. The Bertz CT molecular complexity index is 1250. The molecule has 4 rings (SSSR count). The molecule has 2 N–H and O–H groups in total. The van der Waals surface area contributed by atoms with E-state index in [-0.39, 0.29) is 4.21 Å². The zero-order chi connectivity index (χ0) is 23.3. The van der Waals surface area contributed by atoms with E-state index >= 15 is 0 Å². The smallest absolute Gasteiger partial charge is 0.416 e. The van der Waals surface area contributed by atoms with E-state index in [1.807, 2.05) is 0 Å². The number of rotatable bonds is 6. The van der Waals surface area contributed by atoms with Gasteiger partial charge in [0.1, 0.15) is 9.75 Å². The van der Waals surface area contributed by atoms with Crippen LogP contribution in [-0.4, -0.2) is 25.0 Å². The van der Waals surface area contributed by atoms with Crippen molar-refractivity contribution in [2.24, 2.45) is 5.92 Å². The average Bonchev–Trinajstić information content (AvgIpc) is 3.09. The van der Waals surface area contributed by atoms with Crippen LogP contribution in [0, 0.1) is 5.92 Å². The number of carbonyl (C=O) groups is 1. The van der Waals surface area contributed by atoms with Gasteiger partial charge in [-0.25, -0.2) is 8.42 Å². The Morgan fingerprint density at radius 1 is 1.03 bits per heavy atom. The monoisotopic (exact) mass is 481 g/mol. The second kappa shape index (κ2) is 7.72. The summed E-state index contributed by atoms with van der Waals surface area (Å²) < 4.78 is 66.6. The average molecular weight is 482 g/mol. The fraction of sp³-hybridized carbons (Fsp3) is 0.227. The summed E-state index contributed by atoms with van der Waals surface area (Å²) in [7, 11) is -4.19. The number of halogens is 3. The molecule has 1 aliphatic carbocycles. The van der Waals surface area contributed by atoms with Crippen molar-refractivity contribution < 1.29 is 31.5 Å². The molecule has 1 aliphatic rings. The van der Waals surface area contributed by atoms with Gasteiger partial charge in [0.25, 0.3) is 10.0 Å². The Hall–Kier alpha value is -2.69. The van der Waals surface area contributed by atoms with Crippen LogP contribution in [0.15, 0.2) is 70.9 Å². The molecule has 168 valence electrons. The number of carboxylic acids is 1. The molecule has 0 radical (unpaired) electrons. The summed E-state index contributed by atoms with van der Waals surface area (Å²) in [5.41, 5.74) is -1.31. The highest BCUT2D eigenvalue weighted by molar-refractivity contribution is 7.91. The first kappa shape index (κ1) is 22.5. The Morgan fingerprint density at radius 2 is 1.66 bits per heavy atom. The molecule has 0 bridgehead atoms. The van der Waals surface area contributed by atoms with Crippen LogP contribution < -0.4 is 4.72 Å². The van der Waals surface area contributed by atoms with Crippen molar-refractivity contribution >= 4 is 27.3 Å². The summed E-state index contributed by atoms with van der Waals surface area (Å²) in [6, 6.07) is 16.0. The van der Waals surface area contributed by atoms with E-state index in [0.29, 0.717) is 10.4 Å². The predicted octanol–water partition coefficient (Wildman–Crippen LogP) is 4.97. The molecule has 0 saturated heterocycles. The van der Waals surface area contributed by atoms with Gasteiger partial charge in [0, 0.05) is 10.8 Å². The van der Waals surface area contributed by atoms with Gasteiger partial charge in [0.2, 0.25) is 0 Å². The summed E-state index contributed by atoms with van der Waals surface area (Å²) in [5.74, 6) is -2.25. The summed E-state index contributed by atoms with van der Waals surface area (Å²) in [6.07, 6.45) is -4.46. The Kier molecular flexibility index (Phi) is 5.43. The van der Waals surface area contributed by atoms with Crippen LogP contribution in [-0.2, 0) is 21.0 Å². The fourth-order valence-corrected chi connectivity index (χ4v) is 6.79. The largest absolute Gasteiger partial charge is 0.480 e. The van der Waals surface area contributed by atoms with Gasteiger partial charge in [-0.2, -0.15) is 17.9 Å². The van der Waals surface area contributed by atoms with Crippen molar-refractivity contribution in [2.45, 2.75) is 28.8 Å². The van der Waals surface area contributed by atoms with Crippen LogP contribution in [0.3, 0.4) is 0 Å². The quantitative estimate of drug-likeness (QED) is 0.521. The minimum absolute atomic E-state index is 0.112. The highest BCUT2D eigenvalue weighted by atomic mass is 32.2. The van der Waals surface area contributed by atoms with Gasteiger partial charge in [-0.3, -0.25) is 4.79 Å². The lowest BCUT2D eigenvalue weighted by atomic mass is 10.1. The summed E-state index contributed by atoms with van der Waals surface area (Å²) >= 11 is 0.860. The van der Waals surface area contributed by atoms with E-state index in [1.165, 1.54) is 24.3 Å². The molecule has 32 heavy (non-hydrogen) atoms.